The molecule has 2 aliphatic rings. The predicted molar refractivity (Wildman–Crippen MR) is 110 cm³/mol. The zero-order valence-corrected chi connectivity index (χ0v) is 17.4. The summed E-state index contributed by atoms with van der Waals surface area (Å²) >= 11 is 1.48. The van der Waals surface area contributed by atoms with Crippen LogP contribution in [-0.4, -0.2) is 43.3 Å². The molecule has 2 aromatic rings. The number of esters is 1. The van der Waals surface area contributed by atoms with Gasteiger partial charge in [-0.2, -0.15) is 0 Å². The maximum absolute atomic E-state index is 12.7. The zero-order chi connectivity index (χ0) is 20.4. The Morgan fingerprint density at radius 1 is 1.24 bits per heavy atom. The summed E-state index contributed by atoms with van der Waals surface area (Å²) < 4.78 is 16.0. The number of hydrogen-bond donors (Lipinski definition) is 1. The number of carbonyl (C=O) groups excluding carboxylic acids is 2. The lowest BCUT2D eigenvalue weighted by Crippen LogP contribution is -2.30. The van der Waals surface area contributed by atoms with E-state index in [0.717, 1.165) is 42.1 Å². The number of nitrogens with one attached hydrogen (secondary N) is 1. The molecule has 0 saturated heterocycles. The highest BCUT2D eigenvalue weighted by molar-refractivity contribution is 7.17. The normalized spacial score (nSPS) is 15.1. The Kier molecular flexibility index (Phi) is 5.73. The van der Waals surface area contributed by atoms with Crippen LogP contribution in [-0.2, 0) is 28.9 Å². The lowest BCUT2D eigenvalue weighted by atomic mass is 10.0. The lowest BCUT2D eigenvalue weighted by Gasteiger charge is -2.25. The van der Waals surface area contributed by atoms with Crippen LogP contribution in [0.5, 0.6) is 11.5 Å². The van der Waals surface area contributed by atoms with Crippen LogP contribution < -0.4 is 14.8 Å². The van der Waals surface area contributed by atoms with Gasteiger partial charge in [0.25, 0.3) is 0 Å². The number of likely N-dealkylation sites (N-methyl/N-ethyl adjacent to an activating group) is 1. The Labute approximate surface area is 173 Å². The number of ether oxygens (including phenoxy) is 3. The third-order valence-electron chi connectivity index (χ3n) is 5.12. The summed E-state index contributed by atoms with van der Waals surface area (Å²) in [7, 11) is 0. The van der Waals surface area contributed by atoms with Crippen LogP contribution in [0.3, 0.4) is 0 Å². The van der Waals surface area contributed by atoms with Crippen LogP contribution in [0.15, 0.2) is 18.2 Å². The van der Waals surface area contributed by atoms with Gasteiger partial charge in [-0.3, -0.25) is 9.69 Å². The number of carbonyl (C=O) groups is 2. The molecule has 154 valence electrons. The molecule has 0 bridgehead atoms. The van der Waals surface area contributed by atoms with Crippen LogP contribution in [0.4, 0.5) is 5.00 Å². The molecule has 0 fully saturated rings. The Morgan fingerprint density at radius 3 is 2.86 bits per heavy atom. The first kappa shape index (κ1) is 19.7. The summed E-state index contributed by atoms with van der Waals surface area (Å²) in [6.45, 7) is 7.06. The fourth-order valence-corrected chi connectivity index (χ4v) is 4.94. The Hall–Kier alpha value is -2.58. The molecule has 0 radical (unpaired) electrons. The summed E-state index contributed by atoms with van der Waals surface area (Å²) in [5, 5.41) is 3.52. The second kappa shape index (κ2) is 8.42. The van der Waals surface area contributed by atoms with Gasteiger partial charge in [-0.25, -0.2) is 4.79 Å². The van der Waals surface area contributed by atoms with Crippen molar-refractivity contribution in [2.45, 2.75) is 33.2 Å². The minimum Gasteiger partial charge on any atom is -0.462 e. The molecule has 7 nitrogen and oxygen atoms in total. The summed E-state index contributed by atoms with van der Waals surface area (Å²) in [6.07, 6.45) is 0.967. The van der Waals surface area contributed by atoms with Crippen molar-refractivity contribution in [3.63, 3.8) is 0 Å². The molecule has 2 aliphatic heterocycles. The van der Waals surface area contributed by atoms with Crippen molar-refractivity contribution in [2.75, 3.05) is 31.8 Å². The second-order valence-corrected chi connectivity index (χ2v) is 8.06. The lowest BCUT2D eigenvalue weighted by molar-refractivity contribution is -0.115. The first-order valence-electron chi connectivity index (χ1n) is 9.81. The van der Waals surface area contributed by atoms with E-state index in [1.807, 2.05) is 12.1 Å². The largest absolute Gasteiger partial charge is 0.462 e. The zero-order valence-electron chi connectivity index (χ0n) is 16.6. The van der Waals surface area contributed by atoms with Crippen molar-refractivity contribution in [2.24, 2.45) is 0 Å². The molecule has 3 heterocycles. The van der Waals surface area contributed by atoms with Crippen molar-refractivity contribution in [3.8, 4) is 11.5 Å². The number of thiophene rings is 1. The molecule has 0 spiro atoms. The first-order valence-corrected chi connectivity index (χ1v) is 10.6. The molecule has 1 aromatic heterocycles. The molecule has 1 amide bonds. The van der Waals surface area contributed by atoms with Gasteiger partial charge in [0.1, 0.15) is 5.00 Å². The molecule has 0 saturated carbocycles. The highest BCUT2D eigenvalue weighted by Gasteiger charge is 2.29. The third-order valence-corrected chi connectivity index (χ3v) is 6.25. The van der Waals surface area contributed by atoms with Crippen molar-refractivity contribution < 1.29 is 23.8 Å². The maximum Gasteiger partial charge on any atom is 0.341 e. The van der Waals surface area contributed by atoms with Crippen molar-refractivity contribution in [1.82, 2.24) is 4.90 Å². The maximum atomic E-state index is 12.7. The number of fused-ring (bicyclic) bond motifs is 2. The smallest absolute Gasteiger partial charge is 0.341 e. The van der Waals surface area contributed by atoms with Gasteiger partial charge in [-0.15, -0.1) is 11.3 Å². The van der Waals surface area contributed by atoms with Gasteiger partial charge in [0.15, 0.2) is 11.5 Å². The van der Waals surface area contributed by atoms with Gasteiger partial charge in [0, 0.05) is 18.0 Å². The number of amides is 1. The minimum atomic E-state index is -0.367. The highest BCUT2D eigenvalue weighted by Crippen LogP contribution is 2.38. The van der Waals surface area contributed by atoms with E-state index in [4.69, 9.17) is 14.2 Å². The van der Waals surface area contributed by atoms with Gasteiger partial charge < -0.3 is 19.5 Å². The van der Waals surface area contributed by atoms with E-state index in [2.05, 4.69) is 17.1 Å². The quantitative estimate of drug-likeness (QED) is 0.729. The molecule has 1 aromatic carbocycles. The summed E-state index contributed by atoms with van der Waals surface area (Å²) in [5.41, 5.74) is 2.35. The molecule has 0 atom stereocenters. The second-order valence-electron chi connectivity index (χ2n) is 6.96. The van der Waals surface area contributed by atoms with E-state index in [1.54, 1.807) is 13.0 Å². The predicted octanol–water partition coefficient (Wildman–Crippen LogP) is 3.21. The van der Waals surface area contributed by atoms with E-state index in [0.29, 0.717) is 28.7 Å². The molecule has 8 heteroatoms. The SMILES string of the molecule is CCOC(=O)c1c(NC(=O)Cc2ccc3c(c2)OCO3)sc2c1CCN(CC)C2. The molecule has 0 aliphatic carbocycles. The van der Waals surface area contributed by atoms with Crippen molar-refractivity contribution >= 4 is 28.2 Å². The van der Waals surface area contributed by atoms with Crippen LogP contribution in [0.1, 0.15) is 40.2 Å². The standard InChI is InChI=1S/C21H24N2O5S/c1-3-23-8-7-14-17(11-23)29-20(19(14)21(25)26-4-2)22-18(24)10-13-5-6-15-16(9-13)28-12-27-15/h5-6,9H,3-4,7-8,10-12H2,1-2H3,(H,22,24). The average Bonchev–Trinajstić information content (AvgIpc) is 3.30. The number of rotatable bonds is 6. The van der Waals surface area contributed by atoms with E-state index in [1.165, 1.54) is 11.3 Å². The van der Waals surface area contributed by atoms with Gasteiger partial charge in [-0.1, -0.05) is 13.0 Å². The number of benzene rings is 1. The fraction of sp³-hybridized carbons (Fsp3) is 0.429. The fourth-order valence-electron chi connectivity index (χ4n) is 3.64. The van der Waals surface area contributed by atoms with E-state index >= 15 is 0 Å². The van der Waals surface area contributed by atoms with Crippen molar-refractivity contribution in [1.29, 1.82) is 0 Å². The van der Waals surface area contributed by atoms with Crippen LogP contribution >= 0.6 is 11.3 Å². The van der Waals surface area contributed by atoms with Gasteiger partial charge in [-0.05, 0) is 43.1 Å². The monoisotopic (exact) mass is 416 g/mol. The molecule has 1 N–H and O–H groups in total. The third kappa shape index (κ3) is 4.09. The number of nitrogens with zero attached hydrogens (tertiary/aromatic N) is 1. The van der Waals surface area contributed by atoms with Crippen LogP contribution in [0, 0.1) is 0 Å². The average molecular weight is 416 g/mol. The Morgan fingerprint density at radius 2 is 2.07 bits per heavy atom. The van der Waals surface area contributed by atoms with Gasteiger partial charge in [0.2, 0.25) is 12.7 Å². The van der Waals surface area contributed by atoms with Gasteiger partial charge in [0.05, 0.1) is 18.6 Å². The molecular formula is C21H24N2O5S. The summed E-state index contributed by atoms with van der Waals surface area (Å²) in [5.74, 6) is 0.785. The van der Waals surface area contributed by atoms with Crippen LogP contribution in [0.25, 0.3) is 0 Å². The first-order chi connectivity index (χ1) is 14.1. The van der Waals surface area contributed by atoms with Crippen LogP contribution in [0.2, 0.25) is 0 Å². The number of hydrogen-bond acceptors (Lipinski definition) is 7. The minimum absolute atomic E-state index is 0.180. The number of anilines is 1. The highest BCUT2D eigenvalue weighted by atomic mass is 32.1. The van der Waals surface area contributed by atoms with E-state index in [-0.39, 0.29) is 25.1 Å². The molecule has 29 heavy (non-hydrogen) atoms. The molecular weight excluding hydrogens is 392 g/mol. The Balaban J connectivity index is 1.54. The topological polar surface area (TPSA) is 77.1 Å². The van der Waals surface area contributed by atoms with Gasteiger partial charge >= 0.3 is 5.97 Å². The van der Waals surface area contributed by atoms with Crippen molar-refractivity contribution in [3.05, 3.63) is 39.8 Å². The summed E-state index contributed by atoms with van der Waals surface area (Å²) in [6, 6.07) is 5.46. The Bertz CT molecular complexity index is 939. The van der Waals surface area contributed by atoms with E-state index < -0.39 is 0 Å². The molecule has 4 rings (SSSR count). The summed E-state index contributed by atoms with van der Waals surface area (Å²) in [4.78, 5) is 28.8. The van der Waals surface area contributed by atoms with E-state index in [9.17, 15) is 9.59 Å². The molecule has 0 unspecified atom stereocenters.